The van der Waals surface area contributed by atoms with Crippen LogP contribution in [0.3, 0.4) is 0 Å². The molecule has 0 aromatic heterocycles. The minimum Gasteiger partial charge on any atom is -0.229 e. The fourth-order valence-corrected chi connectivity index (χ4v) is 5.12. The fourth-order valence-electron chi connectivity index (χ4n) is 2.34. The predicted molar refractivity (Wildman–Crippen MR) is 69.7 cm³/mol. The minimum atomic E-state index is -2.86. The molecule has 1 aliphatic heterocycles. The van der Waals surface area contributed by atoms with Gasteiger partial charge in [0.15, 0.2) is 9.84 Å². The van der Waals surface area contributed by atoms with Gasteiger partial charge in [-0.3, -0.25) is 0 Å². The number of alkyl halides is 1. The third-order valence-electron chi connectivity index (χ3n) is 3.30. The molecule has 2 unspecified atom stereocenters. The molecule has 0 aliphatic carbocycles. The molecule has 0 bridgehead atoms. The van der Waals surface area contributed by atoms with Crippen LogP contribution in [-0.2, 0) is 9.84 Å². The second-order valence-corrected chi connectivity index (χ2v) is 7.35. The monoisotopic (exact) mass is 320 g/mol. The van der Waals surface area contributed by atoms with Gasteiger partial charge in [-0.05, 0) is 36.0 Å². The normalized spacial score (nSPS) is 24.7. The highest BCUT2D eigenvalue weighted by molar-refractivity contribution is 9.09. The highest BCUT2D eigenvalue weighted by Crippen LogP contribution is 2.34. The van der Waals surface area contributed by atoms with Crippen LogP contribution in [0, 0.1) is 11.7 Å². The molecule has 0 N–H and O–H groups in total. The summed E-state index contributed by atoms with van der Waals surface area (Å²) < 4.78 is 35.8. The lowest BCUT2D eigenvalue weighted by atomic mass is 9.87. The van der Waals surface area contributed by atoms with Crippen LogP contribution in [0.15, 0.2) is 24.3 Å². The smallest absolute Gasteiger partial charge is 0.150 e. The van der Waals surface area contributed by atoms with Gasteiger partial charge in [-0.15, -0.1) is 0 Å². The standard InChI is InChI=1S/C12H14BrFO2S/c13-7-12(9-1-3-11(14)4-2-9)10-5-6-17(15,16)8-10/h1-4,10,12H,5-8H2. The third-order valence-corrected chi connectivity index (χ3v) is 5.79. The molecule has 1 aromatic rings. The Labute approximate surface area is 109 Å². The lowest BCUT2D eigenvalue weighted by Gasteiger charge is -2.20. The lowest BCUT2D eigenvalue weighted by Crippen LogP contribution is -2.16. The summed E-state index contributed by atoms with van der Waals surface area (Å²) in [5.41, 5.74) is 1.00. The molecule has 17 heavy (non-hydrogen) atoms. The first-order chi connectivity index (χ1) is 8.02. The van der Waals surface area contributed by atoms with Crippen LogP contribution in [0.1, 0.15) is 17.9 Å². The lowest BCUT2D eigenvalue weighted by molar-refractivity contribution is 0.504. The zero-order chi connectivity index (χ0) is 12.5. The highest BCUT2D eigenvalue weighted by atomic mass is 79.9. The molecule has 1 saturated heterocycles. The summed E-state index contributed by atoms with van der Waals surface area (Å²) in [6, 6.07) is 6.33. The van der Waals surface area contributed by atoms with Gasteiger partial charge in [0.2, 0.25) is 0 Å². The van der Waals surface area contributed by atoms with E-state index >= 15 is 0 Å². The molecule has 0 amide bonds. The summed E-state index contributed by atoms with van der Waals surface area (Å²) in [6.45, 7) is 0. The molecule has 1 aliphatic rings. The molecule has 0 saturated carbocycles. The summed E-state index contributed by atoms with van der Waals surface area (Å²) in [7, 11) is -2.86. The topological polar surface area (TPSA) is 34.1 Å². The van der Waals surface area contributed by atoms with E-state index < -0.39 is 9.84 Å². The first-order valence-corrected chi connectivity index (χ1v) is 8.48. The van der Waals surface area contributed by atoms with E-state index in [1.54, 1.807) is 12.1 Å². The summed E-state index contributed by atoms with van der Waals surface area (Å²) in [5.74, 6) is 0.557. The second-order valence-electron chi connectivity index (χ2n) is 4.48. The molecule has 1 fully saturated rings. The van der Waals surface area contributed by atoms with Crippen molar-refractivity contribution in [2.45, 2.75) is 12.3 Å². The Balaban J connectivity index is 2.20. The van der Waals surface area contributed by atoms with Gasteiger partial charge in [0, 0.05) is 5.33 Å². The van der Waals surface area contributed by atoms with Gasteiger partial charge in [0.05, 0.1) is 11.5 Å². The number of hydrogen-bond donors (Lipinski definition) is 0. The van der Waals surface area contributed by atoms with Crippen molar-refractivity contribution in [2.75, 3.05) is 16.8 Å². The predicted octanol–water partition coefficient (Wildman–Crippen LogP) is 2.74. The average Bonchev–Trinajstić information content (AvgIpc) is 2.63. The Hall–Kier alpha value is -0.420. The van der Waals surface area contributed by atoms with Gasteiger partial charge in [-0.25, -0.2) is 12.8 Å². The molecule has 2 nitrogen and oxygen atoms in total. The first-order valence-electron chi connectivity index (χ1n) is 5.54. The van der Waals surface area contributed by atoms with Gasteiger partial charge in [0.1, 0.15) is 5.82 Å². The maximum absolute atomic E-state index is 12.8. The molecule has 0 radical (unpaired) electrons. The summed E-state index contributed by atoms with van der Waals surface area (Å²) in [5, 5.41) is 0.707. The molecule has 94 valence electrons. The van der Waals surface area contributed by atoms with E-state index in [1.807, 2.05) is 0 Å². The van der Waals surface area contributed by atoms with Crippen LogP contribution >= 0.6 is 15.9 Å². The van der Waals surface area contributed by atoms with Crippen molar-refractivity contribution in [2.24, 2.45) is 5.92 Å². The van der Waals surface area contributed by atoms with E-state index in [0.717, 1.165) is 5.56 Å². The Kier molecular flexibility index (Phi) is 3.88. The van der Waals surface area contributed by atoms with Gasteiger partial charge >= 0.3 is 0 Å². The minimum absolute atomic E-state index is 0.143. The number of benzene rings is 1. The van der Waals surface area contributed by atoms with Gasteiger partial charge < -0.3 is 0 Å². The van der Waals surface area contributed by atoms with Gasteiger partial charge in [-0.2, -0.15) is 0 Å². The van der Waals surface area contributed by atoms with Crippen LogP contribution in [0.25, 0.3) is 0 Å². The number of halogens is 2. The molecule has 1 heterocycles. The van der Waals surface area contributed by atoms with Crippen LogP contribution in [0.2, 0.25) is 0 Å². The highest BCUT2D eigenvalue weighted by Gasteiger charge is 2.33. The van der Waals surface area contributed by atoms with Crippen molar-refractivity contribution in [3.8, 4) is 0 Å². The van der Waals surface area contributed by atoms with Crippen molar-refractivity contribution in [3.63, 3.8) is 0 Å². The van der Waals surface area contributed by atoms with Crippen molar-refractivity contribution in [1.82, 2.24) is 0 Å². The van der Waals surface area contributed by atoms with Crippen LogP contribution < -0.4 is 0 Å². The summed E-state index contributed by atoms with van der Waals surface area (Å²) >= 11 is 3.43. The Bertz CT molecular complexity index is 484. The Morgan fingerprint density at radius 1 is 1.35 bits per heavy atom. The first kappa shape index (κ1) is 13.0. The van der Waals surface area contributed by atoms with E-state index in [1.165, 1.54) is 12.1 Å². The molecule has 1 aromatic carbocycles. The number of sulfone groups is 1. The second kappa shape index (κ2) is 5.06. The van der Waals surface area contributed by atoms with Gasteiger partial charge in [0.25, 0.3) is 0 Å². The molecule has 2 rings (SSSR count). The number of rotatable bonds is 3. The fraction of sp³-hybridized carbons (Fsp3) is 0.500. The van der Waals surface area contributed by atoms with E-state index in [9.17, 15) is 12.8 Å². The SMILES string of the molecule is O=S1(=O)CCC(C(CBr)c2ccc(F)cc2)C1. The zero-order valence-electron chi connectivity index (χ0n) is 9.27. The Morgan fingerprint density at radius 3 is 2.47 bits per heavy atom. The van der Waals surface area contributed by atoms with Crippen molar-refractivity contribution in [3.05, 3.63) is 35.6 Å². The van der Waals surface area contributed by atoms with Gasteiger partial charge in [-0.1, -0.05) is 28.1 Å². The molecule has 2 atom stereocenters. The van der Waals surface area contributed by atoms with Crippen LogP contribution in [0.5, 0.6) is 0 Å². The Morgan fingerprint density at radius 2 is 2.00 bits per heavy atom. The maximum atomic E-state index is 12.8. The van der Waals surface area contributed by atoms with E-state index in [2.05, 4.69) is 15.9 Å². The average molecular weight is 321 g/mol. The van der Waals surface area contributed by atoms with Crippen molar-refractivity contribution >= 4 is 25.8 Å². The molecular weight excluding hydrogens is 307 g/mol. The van der Waals surface area contributed by atoms with Crippen molar-refractivity contribution < 1.29 is 12.8 Å². The quantitative estimate of drug-likeness (QED) is 0.802. The molecule has 0 spiro atoms. The molecular formula is C12H14BrFO2S. The largest absolute Gasteiger partial charge is 0.229 e. The number of hydrogen-bond acceptors (Lipinski definition) is 2. The molecule has 5 heteroatoms. The van der Waals surface area contributed by atoms with E-state index in [0.29, 0.717) is 11.8 Å². The van der Waals surface area contributed by atoms with E-state index in [-0.39, 0.29) is 29.2 Å². The zero-order valence-corrected chi connectivity index (χ0v) is 11.7. The van der Waals surface area contributed by atoms with Crippen LogP contribution in [-0.4, -0.2) is 25.3 Å². The summed E-state index contributed by atoms with van der Waals surface area (Å²) in [4.78, 5) is 0. The summed E-state index contributed by atoms with van der Waals surface area (Å²) in [6.07, 6.45) is 0.704. The van der Waals surface area contributed by atoms with Crippen molar-refractivity contribution in [1.29, 1.82) is 0 Å². The maximum Gasteiger partial charge on any atom is 0.150 e. The third kappa shape index (κ3) is 3.07. The van der Waals surface area contributed by atoms with E-state index in [4.69, 9.17) is 0 Å². The van der Waals surface area contributed by atoms with Crippen LogP contribution in [0.4, 0.5) is 4.39 Å².